The standard InChI is InChI=1S/C11H19N3O2/c1-9(2)8-14(6-7-16-3)10-11(15)13-5-4-12-10/h4-5,9H,6-8H2,1-3H3,(H,13,15). The summed E-state index contributed by atoms with van der Waals surface area (Å²) in [4.78, 5) is 20.3. The second-order valence-corrected chi connectivity index (χ2v) is 4.07. The van der Waals surface area contributed by atoms with Gasteiger partial charge in [-0.2, -0.15) is 0 Å². The maximum Gasteiger partial charge on any atom is 0.290 e. The van der Waals surface area contributed by atoms with E-state index in [9.17, 15) is 4.79 Å². The number of methoxy groups -OCH3 is 1. The van der Waals surface area contributed by atoms with Crippen LogP contribution in [0.2, 0.25) is 0 Å². The van der Waals surface area contributed by atoms with Gasteiger partial charge in [-0.05, 0) is 5.92 Å². The molecule has 0 bridgehead atoms. The summed E-state index contributed by atoms with van der Waals surface area (Å²) in [6, 6.07) is 0. The Morgan fingerprint density at radius 2 is 2.31 bits per heavy atom. The Bertz CT molecular complexity index is 362. The van der Waals surface area contributed by atoms with E-state index in [0.29, 0.717) is 24.9 Å². The number of hydrogen-bond acceptors (Lipinski definition) is 4. The number of aromatic nitrogens is 2. The zero-order valence-corrected chi connectivity index (χ0v) is 10.1. The van der Waals surface area contributed by atoms with Gasteiger partial charge < -0.3 is 14.6 Å². The molecule has 0 aliphatic carbocycles. The molecule has 1 aromatic heterocycles. The van der Waals surface area contributed by atoms with Gasteiger partial charge in [-0.25, -0.2) is 4.98 Å². The third-order valence-electron chi connectivity index (χ3n) is 2.14. The van der Waals surface area contributed by atoms with Crippen LogP contribution in [-0.2, 0) is 4.74 Å². The normalized spacial score (nSPS) is 10.8. The second kappa shape index (κ2) is 6.27. The van der Waals surface area contributed by atoms with Gasteiger partial charge in [0.2, 0.25) is 0 Å². The van der Waals surface area contributed by atoms with E-state index in [1.165, 1.54) is 6.20 Å². The summed E-state index contributed by atoms with van der Waals surface area (Å²) < 4.78 is 5.03. The maximum atomic E-state index is 11.6. The Morgan fingerprint density at radius 1 is 1.56 bits per heavy atom. The average molecular weight is 225 g/mol. The SMILES string of the molecule is COCCN(CC(C)C)c1ncc[nH]c1=O. The van der Waals surface area contributed by atoms with Crippen LogP contribution in [0, 0.1) is 5.92 Å². The van der Waals surface area contributed by atoms with Crippen LogP contribution in [0.3, 0.4) is 0 Å². The van der Waals surface area contributed by atoms with Crippen molar-refractivity contribution in [2.75, 3.05) is 31.7 Å². The van der Waals surface area contributed by atoms with Crippen LogP contribution in [0.25, 0.3) is 0 Å². The molecule has 0 fully saturated rings. The maximum absolute atomic E-state index is 11.6. The van der Waals surface area contributed by atoms with Crippen molar-refractivity contribution >= 4 is 5.82 Å². The lowest BCUT2D eigenvalue weighted by Gasteiger charge is -2.24. The third kappa shape index (κ3) is 3.66. The molecule has 0 amide bonds. The van der Waals surface area contributed by atoms with Crippen molar-refractivity contribution in [1.82, 2.24) is 9.97 Å². The number of aromatic amines is 1. The molecular weight excluding hydrogens is 206 g/mol. The van der Waals surface area contributed by atoms with Crippen LogP contribution >= 0.6 is 0 Å². The summed E-state index contributed by atoms with van der Waals surface area (Å²) >= 11 is 0. The van der Waals surface area contributed by atoms with E-state index < -0.39 is 0 Å². The predicted molar refractivity (Wildman–Crippen MR) is 63.8 cm³/mol. The van der Waals surface area contributed by atoms with Crippen molar-refractivity contribution in [2.24, 2.45) is 5.92 Å². The van der Waals surface area contributed by atoms with Crippen LogP contribution < -0.4 is 10.5 Å². The topological polar surface area (TPSA) is 58.2 Å². The second-order valence-electron chi connectivity index (χ2n) is 4.07. The summed E-state index contributed by atoms with van der Waals surface area (Å²) in [5.74, 6) is 0.937. The molecule has 1 aromatic rings. The molecule has 0 unspecified atom stereocenters. The first-order chi connectivity index (χ1) is 7.65. The lowest BCUT2D eigenvalue weighted by atomic mass is 10.2. The van der Waals surface area contributed by atoms with Crippen molar-refractivity contribution in [3.63, 3.8) is 0 Å². The fourth-order valence-corrected chi connectivity index (χ4v) is 1.50. The summed E-state index contributed by atoms with van der Waals surface area (Å²) in [5.41, 5.74) is -0.153. The zero-order chi connectivity index (χ0) is 12.0. The molecule has 1 rings (SSSR count). The van der Waals surface area contributed by atoms with Crippen LogP contribution in [0.4, 0.5) is 5.82 Å². The van der Waals surface area contributed by atoms with Crippen molar-refractivity contribution in [3.8, 4) is 0 Å². The van der Waals surface area contributed by atoms with E-state index >= 15 is 0 Å². The minimum absolute atomic E-state index is 0.153. The van der Waals surface area contributed by atoms with Crippen LogP contribution in [-0.4, -0.2) is 36.8 Å². The largest absolute Gasteiger partial charge is 0.383 e. The first kappa shape index (κ1) is 12.7. The molecule has 16 heavy (non-hydrogen) atoms. The predicted octanol–water partition coefficient (Wildman–Crippen LogP) is 0.879. The van der Waals surface area contributed by atoms with E-state index in [0.717, 1.165) is 6.54 Å². The van der Waals surface area contributed by atoms with E-state index in [4.69, 9.17) is 4.74 Å². The van der Waals surface area contributed by atoms with E-state index in [1.807, 2.05) is 4.90 Å². The highest BCUT2D eigenvalue weighted by Crippen LogP contribution is 2.06. The first-order valence-electron chi connectivity index (χ1n) is 5.42. The van der Waals surface area contributed by atoms with Crippen molar-refractivity contribution in [3.05, 3.63) is 22.7 Å². The van der Waals surface area contributed by atoms with Gasteiger partial charge in [0.05, 0.1) is 6.61 Å². The number of hydrogen-bond donors (Lipinski definition) is 1. The smallest absolute Gasteiger partial charge is 0.290 e. The summed E-state index contributed by atoms with van der Waals surface area (Å²) in [5, 5.41) is 0. The highest BCUT2D eigenvalue weighted by atomic mass is 16.5. The Morgan fingerprint density at radius 3 is 2.88 bits per heavy atom. The monoisotopic (exact) mass is 225 g/mol. The van der Waals surface area contributed by atoms with Crippen molar-refractivity contribution < 1.29 is 4.74 Å². The Labute approximate surface area is 95.5 Å². The van der Waals surface area contributed by atoms with E-state index in [2.05, 4.69) is 23.8 Å². The third-order valence-corrected chi connectivity index (χ3v) is 2.14. The van der Waals surface area contributed by atoms with Gasteiger partial charge in [0.25, 0.3) is 5.56 Å². The van der Waals surface area contributed by atoms with Gasteiger partial charge in [-0.3, -0.25) is 4.79 Å². The van der Waals surface area contributed by atoms with Crippen LogP contribution in [0.5, 0.6) is 0 Å². The number of anilines is 1. The van der Waals surface area contributed by atoms with Gasteiger partial charge in [-0.1, -0.05) is 13.8 Å². The molecule has 0 radical (unpaired) electrons. The number of rotatable bonds is 6. The Hall–Kier alpha value is -1.36. The molecule has 0 saturated heterocycles. The molecule has 5 heteroatoms. The number of H-pyrrole nitrogens is 1. The Balaban J connectivity index is 2.83. The van der Waals surface area contributed by atoms with Crippen molar-refractivity contribution in [2.45, 2.75) is 13.8 Å². The van der Waals surface area contributed by atoms with Gasteiger partial charge >= 0.3 is 0 Å². The fraction of sp³-hybridized carbons (Fsp3) is 0.636. The molecule has 1 N–H and O–H groups in total. The molecule has 0 aliphatic heterocycles. The molecule has 1 heterocycles. The lowest BCUT2D eigenvalue weighted by Crippen LogP contribution is -2.35. The fourth-order valence-electron chi connectivity index (χ4n) is 1.50. The molecule has 0 spiro atoms. The summed E-state index contributed by atoms with van der Waals surface area (Å²) in [7, 11) is 1.65. The highest BCUT2D eigenvalue weighted by Gasteiger charge is 2.12. The van der Waals surface area contributed by atoms with Crippen molar-refractivity contribution in [1.29, 1.82) is 0 Å². The lowest BCUT2D eigenvalue weighted by molar-refractivity contribution is 0.204. The molecule has 0 aromatic carbocycles. The Kier molecular flexibility index (Phi) is 4.98. The number of nitrogens with one attached hydrogen (secondary N) is 1. The highest BCUT2D eigenvalue weighted by molar-refractivity contribution is 5.34. The van der Waals surface area contributed by atoms with Crippen LogP contribution in [0.15, 0.2) is 17.2 Å². The minimum atomic E-state index is -0.153. The molecule has 0 aliphatic rings. The first-order valence-corrected chi connectivity index (χ1v) is 5.42. The molecule has 0 saturated carbocycles. The molecule has 90 valence electrons. The van der Waals surface area contributed by atoms with Crippen LogP contribution in [0.1, 0.15) is 13.8 Å². The van der Waals surface area contributed by atoms with Gasteiger partial charge in [-0.15, -0.1) is 0 Å². The van der Waals surface area contributed by atoms with E-state index in [1.54, 1.807) is 13.3 Å². The van der Waals surface area contributed by atoms with Gasteiger partial charge in [0.1, 0.15) is 0 Å². The molecule has 0 atom stereocenters. The molecular formula is C11H19N3O2. The van der Waals surface area contributed by atoms with Gasteiger partial charge in [0.15, 0.2) is 5.82 Å². The molecule has 5 nitrogen and oxygen atoms in total. The van der Waals surface area contributed by atoms with Gasteiger partial charge in [0, 0.05) is 32.6 Å². The average Bonchev–Trinajstić information content (AvgIpc) is 2.24. The number of nitrogens with zero attached hydrogens (tertiary/aromatic N) is 2. The van der Waals surface area contributed by atoms with E-state index in [-0.39, 0.29) is 5.56 Å². The zero-order valence-electron chi connectivity index (χ0n) is 10.1. The summed E-state index contributed by atoms with van der Waals surface area (Å²) in [6.07, 6.45) is 3.13. The quantitative estimate of drug-likeness (QED) is 0.780. The summed E-state index contributed by atoms with van der Waals surface area (Å²) in [6.45, 7) is 6.27. The minimum Gasteiger partial charge on any atom is -0.383 e. The number of ether oxygens (including phenoxy) is 1.